The van der Waals surface area contributed by atoms with E-state index in [4.69, 9.17) is 25.8 Å². The molecule has 2 atom stereocenters. The number of hydrogen-bond donors (Lipinski definition) is 1. The Hall–Kier alpha value is -3.50. The number of halogens is 2. The molecule has 11 heteroatoms. The summed E-state index contributed by atoms with van der Waals surface area (Å²) in [6.07, 6.45) is 4.05. The number of benzene rings is 1. The topological polar surface area (TPSA) is 98.7 Å². The monoisotopic (exact) mass is 513 g/mol. The number of carbonyl (C=O) groups excluding carboxylic acids is 1. The van der Waals surface area contributed by atoms with Crippen LogP contribution < -0.4 is 14.8 Å². The molecule has 1 unspecified atom stereocenters. The smallest absolute Gasteiger partial charge is 0.246 e. The number of hydrogen-bond acceptors (Lipinski definition) is 8. The molecule has 1 aromatic carbocycles. The van der Waals surface area contributed by atoms with Crippen LogP contribution in [0.1, 0.15) is 12.8 Å². The Balaban J connectivity index is 1.32. The van der Waals surface area contributed by atoms with Gasteiger partial charge in [0.1, 0.15) is 28.7 Å². The zero-order chi connectivity index (χ0) is 25.1. The molecular formula is C25H25ClFN5O4. The maximum atomic E-state index is 15.1. The Kier molecular flexibility index (Phi) is 7.15. The minimum absolute atomic E-state index is 0.117. The van der Waals surface area contributed by atoms with E-state index in [2.05, 4.69) is 26.8 Å². The zero-order valence-electron chi connectivity index (χ0n) is 19.5. The molecule has 2 aliphatic rings. The third-order valence-electron chi connectivity index (χ3n) is 6.17. The lowest BCUT2D eigenvalue weighted by atomic mass is 10.1. The zero-order valence-corrected chi connectivity index (χ0v) is 20.2. The van der Waals surface area contributed by atoms with Gasteiger partial charge >= 0.3 is 0 Å². The van der Waals surface area contributed by atoms with E-state index in [0.29, 0.717) is 62.1 Å². The van der Waals surface area contributed by atoms with Crippen molar-refractivity contribution in [2.45, 2.75) is 18.9 Å². The first-order valence-electron chi connectivity index (χ1n) is 11.7. The van der Waals surface area contributed by atoms with Gasteiger partial charge in [0, 0.05) is 31.6 Å². The van der Waals surface area contributed by atoms with E-state index in [9.17, 15) is 4.79 Å². The van der Waals surface area contributed by atoms with Crippen molar-refractivity contribution < 1.29 is 23.4 Å². The van der Waals surface area contributed by atoms with Gasteiger partial charge in [0.05, 0.1) is 31.0 Å². The van der Waals surface area contributed by atoms with Gasteiger partial charge in [-0.1, -0.05) is 18.2 Å². The van der Waals surface area contributed by atoms with Gasteiger partial charge in [-0.05, 0) is 30.7 Å². The molecule has 0 spiro atoms. The van der Waals surface area contributed by atoms with Crippen molar-refractivity contribution >= 4 is 40.0 Å². The van der Waals surface area contributed by atoms with Crippen LogP contribution in [-0.2, 0) is 9.53 Å². The van der Waals surface area contributed by atoms with Crippen molar-refractivity contribution in [3.8, 4) is 11.6 Å². The second-order valence-electron chi connectivity index (χ2n) is 8.66. The van der Waals surface area contributed by atoms with Crippen LogP contribution in [0.2, 0.25) is 5.02 Å². The number of rotatable bonds is 8. The summed E-state index contributed by atoms with van der Waals surface area (Å²) in [6, 6.07) is 6.61. The van der Waals surface area contributed by atoms with Crippen molar-refractivity contribution in [3.05, 3.63) is 54.1 Å². The Morgan fingerprint density at radius 3 is 3.00 bits per heavy atom. The Labute approximate surface area is 212 Å². The van der Waals surface area contributed by atoms with E-state index in [0.717, 1.165) is 6.42 Å². The van der Waals surface area contributed by atoms with Gasteiger partial charge < -0.3 is 24.4 Å². The normalized spacial score (nSPS) is 19.4. The number of likely N-dealkylation sites (tertiary alicyclic amines) is 1. The summed E-state index contributed by atoms with van der Waals surface area (Å²) in [5.74, 6) is 0.412. The van der Waals surface area contributed by atoms with E-state index in [1.54, 1.807) is 29.2 Å². The fourth-order valence-electron chi connectivity index (χ4n) is 4.19. The number of nitrogens with one attached hydrogen (secondary N) is 1. The van der Waals surface area contributed by atoms with E-state index in [-0.39, 0.29) is 34.4 Å². The number of anilines is 2. The van der Waals surface area contributed by atoms with Crippen molar-refractivity contribution in [1.29, 1.82) is 0 Å². The van der Waals surface area contributed by atoms with Gasteiger partial charge in [-0.25, -0.2) is 19.3 Å². The third-order valence-corrected chi connectivity index (χ3v) is 6.53. The van der Waals surface area contributed by atoms with Crippen LogP contribution in [0.4, 0.5) is 15.9 Å². The molecule has 0 bridgehead atoms. The quantitative estimate of drug-likeness (QED) is 0.449. The van der Waals surface area contributed by atoms with Crippen LogP contribution in [-0.4, -0.2) is 64.8 Å². The van der Waals surface area contributed by atoms with Crippen LogP contribution >= 0.6 is 11.6 Å². The van der Waals surface area contributed by atoms with Crippen LogP contribution in [0.5, 0.6) is 11.6 Å². The minimum Gasteiger partial charge on any atom is -0.492 e. The van der Waals surface area contributed by atoms with Gasteiger partial charge in [-0.15, -0.1) is 0 Å². The first-order chi connectivity index (χ1) is 17.5. The highest BCUT2D eigenvalue weighted by atomic mass is 35.5. The second-order valence-corrected chi connectivity index (χ2v) is 9.04. The molecule has 0 saturated carbocycles. The lowest BCUT2D eigenvalue weighted by Crippen LogP contribution is -2.29. The highest BCUT2D eigenvalue weighted by Crippen LogP contribution is 2.35. The number of amides is 1. The number of nitrogens with zero attached hydrogens (tertiary/aromatic N) is 4. The fourth-order valence-corrected chi connectivity index (χ4v) is 4.41. The lowest BCUT2D eigenvalue weighted by Gasteiger charge is -2.16. The predicted octanol–water partition coefficient (Wildman–Crippen LogP) is 4.14. The standard InChI is InChI=1S/C25H25ClFN5O4/c1-2-21(33)32-9-7-16(11-32)36-20-6-4-18-24(31-20)25(29-14-28-18)30-17-3-5-19(22(26)23(17)27)35-13-15-8-10-34-12-15/h2-6,14-16H,1,7-13H2,(H,28,29,30)/t15?,16-/m0/s1. The van der Waals surface area contributed by atoms with Gasteiger partial charge in [0.15, 0.2) is 11.6 Å². The molecule has 1 amide bonds. The Bertz CT molecular complexity index is 1290. The number of fused-ring (bicyclic) bond motifs is 1. The summed E-state index contributed by atoms with van der Waals surface area (Å²) in [4.78, 5) is 26.5. The molecule has 0 aliphatic carbocycles. The fraction of sp³-hybridized carbons (Fsp3) is 0.360. The van der Waals surface area contributed by atoms with Crippen LogP contribution in [0, 0.1) is 11.7 Å². The number of aromatic nitrogens is 3. The third kappa shape index (κ3) is 5.19. The predicted molar refractivity (Wildman–Crippen MR) is 132 cm³/mol. The van der Waals surface area contributed by atoms with E-state index >= 15 is 4.39 Å². The molecule has 5 rings (SSSR count). The molecule has 2 aliphatic heterocycles. The average Bonchev–Trinajstić information content (AvgIpc) is 3.59. The van der Waals surface area contributed by atoms with E-state index in [1.807, 2.05) is 0 Å². The molecular weight excluding hydrogens is 489 g/mol. The summed E-state index contributed by atoms with van der Waals surface area (Å²) in [6.45, 7) is 6.32. The van der Waals surface area contributed by atoms with Crippen LogP contribution in [0.15, 0.2) is 43.2 Å². The second kappa shape index (κ2) is 10.6. The van der Waals surface area contributed by atoms with Crippen molar-refractivity contribution in [2.24, 2.45) is 5.92 Å². The molecule has 2 saturated heterocycles. The SMILES string of the molecule is C=CC(=O)N1CC[C@H](Oc2ccc3ncnc(Nc4ccc(OCC5CCOC5)c(Cl)c4F)c3n2)C1. The van der Waals surface area contributed by atoms with Crippen molar-refractivity contribution in [1.82, 2.24) is 19.9 Å². The maximum Gasteiger partial charge on any atom is 0.246 e. The number of carbonyl (C=O) groups is 1. The van der Waals surface area contributed by atoms with Crippen molar-refractivity contribution in [2.75, 3.05) is 38.2 Å². The summed E-state index contributed by atoms with van der Waals surface area (Å²) in [5, 5.41) is 2.85. The number of pyridine rings is 1. The highest BCUT2D eigenvalue weighted by Gasteiger charge is 2.27. The molecule has 36 heavy (non-hydrogen) atoms. The van der Waals surface area contributed by atoms with Gasteiger partial charge in [-0.3, -0.25) is 4.79 Å². The first-order valence-corrected chi connectivity index (χ1v) is 12.0. The molecule has 1 N–H and O–H groups in total. The molecule has 0 radical (unpaired) electrons. The Morgan fingerprint density at radius 1 is 1.31 bits per heavy atom. The first kappa shape index (κ1) is 24.2. The van der Waals surface area contributed by atoms with E-state index < -0.39 is 5.82 Å². The van der Waals surface area contributed by atoms with Crippen molar-refractivity contribution in [3.63, 3.8) is 0 Å². The molecule has 9 nitrogen and oxygen atoms in total. The summed E-state index contributed by atoms with van der Waals surface area (Å²) in [5.41, 5.74) is 1.09. The highest BCUT2D eigenvalue weighted by molar-refractivity contribution is 6.32. The summed E-state index contributed by atoms with van der Waals surface area (Å²) in [7, 11) is 0. The maximum absolute atomic E-state index is 15.1. The van der Waals surface area contributed by atoms with Crippen LogP contribution in [0.3, 0.4) is 0 Å². The Morgan fingerprint density at radius 2 is 2.19 bits per heavy atom. The molecule has 2 aromatic heterocycles. The molecule has 4 heterocycles. The molecule has 3 aromatic rings. The van der Waals surface area contributed by atoms with Gasteiger partial charge in [0.2, 0.25) is 11.8 Å². The van der Waals surface area contributed by atoms with Gasteiger partial charge in [-0.2, -0.15) is 0 Å². The summed E-state index contributed by atoms with van der Waals surface area (Å²) < 4.78 is 32.2. The molecule has 2 fully saturated rings. The van der Waals surface area contributed by atoms with E-state index in [1.165, 1.54) is 12.4 Å². The molecule has 188 valence electrons. The van der Waals surface area contributed by atoms with Gasteiger partial charge in [0.25, 0.3) is 0 Å². The van der Waals surface area contributed by atoms with Crippen LogP contribution in [0.25, 0.3) is 11.0 Å². The minimum atomic E-state index is -0.658. The summed E-state index contributed by atoms with van der Waals surface area (Å²) >= 11 is 6.26. The number of ether oxygens (including phenoxy) is 3. The lowest BCUT2D eigenvalue weighted by molar-refractivity contribution is -0.125. The largest absolute Gasteiger partial charge is 0.492 e. The average molecular weight is 514 g/mol.